The summed E-state index contributed by atoms with van der Waals surface area (Å²) >= 11 is 5.94. The van der Waals surface area contributed by atoms with E-state index in [9.17, 15) is 15.0 Å². The smallest absolute Gasteiger partial charge is 0.306 e. The van der Waals surface area contributed by atoms with Gasteiger partial charge < -0.3 is 24.4 Å². The molecule has 6 nitrogen and oxygen atoms in total. The first-order chi connectivity index (χ1) is 14.8. The quantitative estimate of drug-likeness (QED) is 0.461. The number of carbonyl (C=O) groups excluding carboxylic acids is 1. The van der Waals surface area contributed by atoms with E-state index in [-0.39, 0.29) is 42.5 Å². The van der Waals surface area contributed by atoms with Crippen molar-refractivity contribution in [1.29, 1.82) is 0 Å². The van der Waals surface area contributed by atoms with Gasteiger partial charge >= 0.3 is 5.97 Å². The van der Waals surface area contributed by atoms with Gasteiger partial charge in [-0.1, -0.05) is 29.8 Å². The second kappa shape index (κ2) is 11.3. The van der Waals surface area contributed by atoms with Crippen LogP contribution in [0.25, 0.3) is 0 Å². The second-order valence-electron chi connectivity index (χ2n) is 8.82. The number of carbonyl (C=O) groups is 1. The molecule has 0 amide bonds. The molecule has 1 saturated heterocycles. The topological polar surface area (TPSA) is 85.2 Å². The van der Waals surface area contributed by atoms with Crippen LogP contribution in [0.2, 0.25) is 5.02 Å². The standard InChI is InChI=1S/C24H33ClO6/c1-15(2)31-24(28)10-16-6-8-21-20(22(27)12-23(21)30-13-16)9-7-18(26)14-29-19-5-3-4-17(25)11-19/h3-5,7,9,11,15-16,18,20-23,26-27H,6,8,10,12-14H2,1-2H3/b9-7+/t16-,18-,20-,21-,22-,23+/m1/s1. The molecule has 1 aromatic rings. The van der Waals surface area contributed by atoms with Crippen LogP contribution in [-0.2, 0) is 14.3 Å². The number of aliphatic hydroxyl groups excluding tert-OH is 2. The molecule has 1 aliphatic carbocycles. The molecule has 172 valence electrons. The molecule has 1 heterocycles. The van der Waals surface area contributed by atoms with E-state index < -0.39 is 12.2 Å². The molecular weight excluding hydrogens is 420 g/mol. The van der Waals surface area contributed by atoms with Crippen molar-refractivity contribution in [3.05, 3.63) is 41.4 Å². The molecule has 7 heteroatoms. The monoisotopic (exact) mass is 452 g/mol. The summed E-state index contributed by atoms with van der Waals surface area (Å²) in [5.41, 5.74) is 0. The van der Waals surface area contributed by atoms with E-state index in [1.165, 1.54) is 0 Å². The Hall–Kier alpha value is -1.60. The van der Waals surface area contributed by atoms with E-state index >= 15 is 0 Å². The van der Waals surface area contributed by atoms with Gasteiger partial charge in [-0.15, -0.1) is 0 Å². The minimum Gasteiger partial charge on any atom is -0.491 e. The number of esters is 1. The van der Waals surface area contributed by atoms with Crippen LogP contribution in [0.3, 0.4) is 0 Å². The van der Waals surface area contributed by atoms with Crippen molar-refractivity contribution in [2.45, 2.75) is 63.9 Å². The molecule has 0 spiro atoms. The summed E-state index contributed by atoms with van der Waals surface area (Å²) in [5, 5.41) is 21.4. The van der Waals surface area contributed by atoms with Gasteiger partial charge in [-0.05, 0) is 56.7 Å². The lowest BCUT2D eigenvalue weighted by Crippen LogP contribution is -2.22. The Morgan fingerprint density at radius 3 is 2.90 bits per heavy atom. The molecule has 2 aliphatic rings. The fourth-order valence-electron chi connectivity index (χ4n) is 4.47. The largest absolute Gasteiger partial charge is 0.491 e. The van der Waals surface area contributed by atoms with Crippen molar-refractivity contribution in [1.82, 2.24) is 0 Å². The number of fused-ring (bicyclic) bond motifs is 1. The Balaban J connectivity index is 1.51. The molecule has 2 fully saturated rings. The Labute approximate surface area is 189 Å². The average Bonchev–Trinajstić information content (AvgIpc) is 2.87. The van der Waals surface area contributed by atoms with Crippen LogP contribution in [-0.4, -0.2) is 53.8 Å². The summed E-state index contributed by atoms with van der Waals surface area (Å²) in [5.74, 6) is 0.621. The predicted octanol–water partition coefficient (Wildman–Crippen LogP) is 3.77. The first kappa shape index (κ1) is 24.1. The summed E-state index contributed by atoms with van der Waals surface area (Å²) in [7, 11) is 0. The molecule has 0 bridgehead atoms. The Bertz CT molecular complexity index is 751. The van der Waals surface area contributed by atoms with Crippen LogP contribution in [0, 0.1) is 17.8 Å². The molecular formula is C24H33ClO6. The summed E-state index contributed by atoms with van der Waals surface area (Å²) in [6, 6.07) is 7.02. The maximum absolute atomic E-state index is 12.0. The van der Waals surface area contributed by atoms with Crippen molar-refractivity contribution in [3.8, 4) is 5.75 Å². The highest BCUT2D eigenvalue weighted by Gasteiger charge is 2.43. The average molecular weight is 453 g/mol. The first-order valence-electron chi connectivity index (χ1n) is 11.1. The number of hydrogen-bond donors (Lipinski definition) is 2. The van der Waals surface area contributed by atoms with Crippen molar-refractivity contribution in [2.75, 3.05) is 13.2 Å². The van der Waals surface area contributed by atoms with Crippen molar-refractivity contribution in [3.63, 3.8) is 0 Å². The third kappa shape index (κ3) is 7.21. The van der Waals surface area contributed by atoms with Gasteiger partial charge in [0.25, 0.3) is 0 Å². The lowest BCUT2D eigenvalue weighted by Gasteiger charge is -2.21. The highest BCUT2D eigenvalue weighted by atomic mass is 35.5. The van der Waals surface area contributed by atoms with Gasteiger partial charge in [0.15, 0.2) is 0 Å². The normalized spacial score (nSPS) is 29.5. The van der Waals surface area contributed by atoms with E-state index in [2.05, 4.69) is 0 Å². The first-order valence-corrected chi connectivity index (χ1v) is 11.4. The molecule has 0 aromatic heterocycles. The molecule has 2 N–H and O–H groups in total. The number of halogens is 1. The van der Waals surface area contributed by atoms with Crippen molar-refractivity contribution < 1.29 is 29.2 Å². The van der Waals surface area contributed by atoms with Crippen LogP contribution in [0.1, 0.15) is 39.5 Å². The fraction of sp³-hybridized carbons (Fsp3) is 0.625. The van der Waals surface area contributed by atoms with Crippen LogP contribution < -0.4 is 4.74 Å². The predicted molar refractivity (Wildman–Crippen MR) is 118 cm³/mol. The zero-order valence-corrected chi connectivity index (χ0v) is 18.9. The summed E-state index contributed by atoms with van der Waals surface area (Å²) in [6.45, 7) is 4.30. The second-order valence-corrected chi connectivity index (χ2v) is 9.26. The maximum atomic E-state index is 12.0. The highest BCUT2D eigenvalue weighted by Crippen LogP contribution is 2.41. The number of hydrogen-bond acceptors (Lipinski definition) is 6. The van der Waals surface area contributed by atoms with E-state index in [0.29, 0.717) is 30.2 Å². The van der Waals surface area contributed by atoms with E-state index in [1.54, 1.807) is 30.3 Å². The lowest BCUT2D eigenvalue weighted by atomic mass is 9.86. The third-order valence-electron chi connectivity index (χ3n) is 5.94. The van der Waals surface area contributed by atoms with Crippen LogP contribution in [0.5, 0.6) is 5.75 Å². The zero-order valence-electron chi connectivity index (χ0n) is 18.2. The van der Waals surface area contributed by atoms with Gasteiger partial charge in [0.05, 0.1) is 31.3 Å². The SMILES string of the molecule is CC(C)OC(=O)C[C@H]1CC[C@@H]2[C@@H](/C=C/[C@@H](O)COc3cccc(Cl)c3)[C@H](O)C[C@@H]2OC1. The molecule has 1 aliphatic heterocycles. The summed E-state index contributed by atoms with van der Waals surface area (Å²) in [4.78, 5) is 12.0. The molecule has 3 rings (SSSR count). The van der Waals surface area contributed by atoms with Crippen LogP contribution in [0.15, 0.2) is 36.4 Å². The fourth-order valence-corrected chi connectivity index (χ4v) is 4.65. The lowest BCUT2D eigenvalue weighted by molar-refractivity contribution is -0.149. The van der Waals surface area contributed by atoms with Gasteiger partial charge in [0.2, 0.25) is 0 Å². The number of aliphatic hydroxyl groups is 2. The Morgan fingerprint density at radius 2 is 2.16 bits per heavy atom. The van der Waals surface area contributed by atoms with Gasteiger partial charge in [-0.3, -0.25) is 4.79 Å². The highest BCUT2D eigenvalue weighted by molar-refractivity contribution is 6.30. The maximum Gasteiger partial charge on any atom is 0.306 e. The summed E-state index contributed by atoms with van der Waals surface area (Å²) < 4.78 is 16.9. The van der Waals surface area contributed by atoms with Crippen LogP contribution in [0.4, 0.5) is 0 Å². The van der Waals surface area contributed by atoms with Gasteiger partial charge in [0, 0.05) is 17.4 Å². The number of ether oxygens (including phenoxy) is 3. The van der Waals surface area contributed by atoms with Crippen LogP contribution >= 0.6 is 11.6 Å². The minimum atomic E-state index is -0.796. The van der Waals surface area contributed by atoms with Crippen molar-refractivity contribution >= 4 is 17.6 Å². The number of benzene rings is 1. The van der Waals surface area contributed by atoms with Gasteiger partial charge in [0.1, 0.15) is 18.5 Å². The molecule has 6 atom stereocenters. The molecule has 0 unspecified atom stereocenters. The molecule has 1 aromatic carbocycles. The van der Waals surface area contributed by atoms with Gasteiger partial charge in [-0.25, -0.2) is 0 Å². The zero-order chi connectivity index (χ0) is 22.4. The molecule has 1 saturated carbocycles. The Kier molecular flexibility index (Phi) is 8.78. The third-order valence-corrected chi connectivity index (χ3v) is 6.17. The van der Waals surface area contributed by atoms with E-state index in [1.807, 2.05) is 19.9 Å². The van der Waals surface area contributed by atoms with E-state index in [4.69, 9.17) is 25.8 Å². The number of rotatable bonds is 8. The minimum absolute atomic E-state index is 0.0318. The molecule has 31 heavy (non-hydrogen) atoms. The summed E-state index contributed by atoms with van der Waals surface area (Å²) in [6.07, 6.45) is 4.77. The van der Waals surface area contributed by atoms with E-state index in [0.717, 1.165) is 12.8 Å². The molecule has 0 radical (unpaired) electrons. The Morgan fingerprint density at radius 1 is 1.35 bits per heavy atom. The van der Waals surface area contributed by atoms with Crippen molar-refractivity contribution in [2.24, 2.45) is 17.8 Å². The van der Waals surface area contributed by atoms with Gasteiger partial charge in [-0.2, -0.15) is 0 Å².